The van der Waals surface area contributed by atoms with Crippen molar-refractivity contribution < 1.29 is 19.0 Å². The van der Waals surface area contributed by atoms with E-state index in [0.29, 0.717) is 37.1 Å². The summed E-state index contributed by atoms with van der Waals surface area (Å²) in [5.41, 5.74) is 0.462. The van der Waals surface area contributed by atoms with Crippen LogP contribution in [0.1, 0.15) is 275 Å². The molecule has 0 atom stereocenters. The first-order chi connectivity index (χ1) is 32.2. The van der Waals surface area contributed by atoms with Crippen molar-refractivity contribution in [3.8, 4) is 11.8 Å². The van der Waals surface area contributed by atoms with Crippen LogP contribution < -0.4 is 9.47 Å². The van der Waals surface area contributed by atoms with E-state index in [-0.39, 0.29) is 5.97 Å². The normalized spacial score (nSPS) is 12.0. The molecule has 0 radical (unpaired) electrons. The lowest BCUT2D eigenvalue weighted by atomic mass is 10.1. The fourth-order valence-electron chi connectivity index (χ4n) is 7.88. The first kappa shape index (κ1) is 59.9. The quantitative estimate of drug-likeness (QED) is 0.0370. The van der Waals surface area contributed by atoms with E-state index in [9.17, 15) is 4.79 Å². The van der Waals surface area contributed by atoms with E-state index in [0.717, 1.165) is 51.4 Å². The molecule has 5 nitrogen and oxygen atoms in total. The minimum absolute atomic E-state index is 0.322. The molecule has 0 saturated carbocycles. The van der Waals surface area contributed by atoms with E-state index in [1.54, 1.807) is 12.1 Å². The van der Waals surface area contributed by atoms with Gasteiger partial charge in [0, 0.05) is 12.1 Å². The summed E-state index contributed by atoms with van der Waals surface area (Å²) in [5.74, 6) is 0.579. The second-order valence-electron chi connectivity index (χ2n) is 18.5. The summed E-state index contributed by atoms with van der Waals surface area (Å²) in [6.07, 6.45) is 70.0. The van der Waals surface area contributed by atoms with Crippen molar-refractivity contribution in [1.29, 1.82) is 0 Å². The SMILES string of the molecule is CCCCC/C=C\C/C=C\CCCCCCCCOc1cc(C(=O)OCCCCCCCC/C=C\CCCCCCCC)cc(OCCCCCCCC/C=C\C/C=C\CCCCC)n1. The molecule has 0 aliphatic carbocycles. The Morgan fingerprint density at radius 1 is 0.369 bits per heavy atom. The number of carbonyl (C=O) groups excluding carboxylic acids is 1. The number of hydrogen-bond donors (Lipinski definition) is 0. The smallest absolute Gasteiger partial charge is 0.338 e. The number of pyridine rings is 1. The molecule has 1 heterocycles. The molecule has 1 aromatic rings. The summed E-state index contributed by atoms with van der Waals surface area (Å²) in [5, 5.41) is 0. The number of nitrogens with zero attached hydrogens (tertiary/aromatic N) is 1. The van der Waals surface area contributed by atoms with Crippen molar-refractivity contribution in [2.75, 3.05) is 19.8 Å². The first-order valence-electron chi connectivity index (χ1n) is 27.9. The van der Waals surface area contributed by atoms with Gasteiger partial charge in [0.15, 0.2) is 0 Å². The highest BCUT2D eigenvalue weighted by Gasteiger charge is 2.13. The number of unbranched alkanes of at least 4 members (excludes halogenated alkanes) is 30. The predicted octanol–water partition coefficient (Wildman–Crippen LogP) is 19.7. The summed E-state index contributed by atoms with van der Waals surface area (Å²) < 4.78 is 17.9. The van der Waals surface area contributed by atoms with Crippen LogP contribution in [0.3, 0.4) is 0 Å². The van der Waals surface area contributed by atoms with Gasteiger partial charge < -0.3 is 14.2 Å². The first-order valence-corrected chi connectivity index (χ1v) is 27.9. The average Bonchev–Trinajstić information content (AvgIpc) is 3.31. The summed E-state index contributed by atoms with van der Waals surface area (Å²) in [4.78, 5) is 17.8. The van der Waals surface area contributed by atoms with Crippen molar-refractivity contribution >= 4 is 5.97 Å². The zero-order valence-electron chi connectivity index (χ0n) is 43.0. The summed E-state index contributed by atoms with van der Waals surface area (Å²) >= 11 is 0. The Hall–Kier alpha value is -3.08. The molecule has 0 bridgehead atoms. The maximum absolute atomic E-state index is 13.2. The molecule has 0 saturated heterocycles. The fourth-order valence-corrected chi connectivity index (χ4v) is 7.88. The number of ether oxygens (including phenoxy) is 3. The third kappa shape index (κ3) is 43.3. The second-order valence-corrected chi connectivity index (χ2v) is 18.5. The number of esters is 1. The van der Waals surface area contributed by atoms with Gasteiger partial charge in [-0.25, -0.2) is 4.79 Å². The van der Waals surface area contributed by atoms with Crippen molar-refractivity contribution in [2.24, 2.45) is 0 Å². The van der Waals surface area contributed by atoms with Gasteiger partial charge in [-0.05, 0) is 109 Å². The highest BCUT2D eigenvalue weighted by Crippen LogP contribution is 2.21. The van der Waals surface area contributed by atoms with E-state index in [2.05, 4.69) is 86.5 Å². The molecule has 65 heavy (non-hydrogen) atoms. The van der Waals surface area contributed by atoms with E-state index < -0.39 is 0 Å². The van der Waals surface area contributed by atoms with Gasteiger partial charge in [0.1, 0.15) is 0 Å². The lowest BCUT2D eigenvalue weighted by Gasteiger charge is -2.12. The maximum Gasteiger partial charge on any atom is 0.338 e. The third-order valence-corrected chi connectivity index (χ3v) is 12.1. The van der Waals surface area contributed by atoms with Gasteiger partial charge in [-0.2, -0.15) is 4.98 Å². The summed E-state index contributed by atoms with van der Waals surface area (Å²) in [6.45, 7) is 8.40. The van der Waals surface area contributed by atoms with Crippen molar-refractivity contribution in [3.63, 3.8) is 0 Å². The Bertz CT molecular complexity index is 1240. The Kier molecular flexibility index (Phi) is 46.4. The van der Waals surface area contributed by atoms with Crippen LogP contribution in [-0.4, -0.2) is 30.8 Å². The monoisotopic (exact) mass is 902 g/mol. The van der Waals surface area contributed by atoms with Crippen LogP contribution in [0.15, 0.2) is 72.9 Å². The lowest BCUT2D eigenvalue weighted by molar-refractivity contribution is 0.0496. The highest BCUT2D eigenvalue weighted by atomic mass is 16.5. The van der Waals surface area contributed by atoms with E-state index in [1.165, 1.54) is 193 Å². The van der Waals surface area contributed by atoms with Gasteiger partial charge in [0.05, 0.1) is 25.4 Å². The zero-order valence-corrected chi connectivity index (χ0v) is 43.0. The molecule has 0 unspecified atom stereocenters. The number of hydrogen-bond acceptors (Lipinski definition) is 5. The molecule has 0 aliphatic heterocycles. The van der Waals surface area contributed by atoms with Gasteiger partial charge in [-0.1, -0.05) is 216 Å². The topological polar surface area (TPSA) is 57.7 Å². The standard InChI is InChI=1S/C60H103NO4/c1-4-7-10-13-16-19-22-25-28-31-34-37-40-43-46-49-52-63-58-55-57(60(62)65-54-51-48-45-42-39-36-33-30-27-24-21-18-15-12-9-6-3)56-59(61-58)64-53-50-47-44-41-38-35-32-29-26-23-20-17-14-11-8-5-2/h16-17,19-20,25-30,55-56H,4-15,18,21-24,31-54H2,1-3H3/b19-16-,20-17-,28-25-,29-26-,30-27-. The van der Waals surface area contributed by atoms with E-state index in [1.807, 2.05) is 0 Å². The Labute approximate surface area is 403 Å². The molecule has 1 rings (SSSR count). The largest absolute Gasteiger partial charge is 0.478 e. The van der Waals surface area contributed by atoms with Crippen molar-refractivity contribution in [2.45, 2.75) is 265 Å². The molecule has 0 N–H and O–H groups in total. The molecular formula is C60H103NO4. The molecule has 0 spiro atoms. The highest BCUT2D eigenvalue weighted by molar-refractivity contribution is 5.90. The van der Waals surface area contributed by atoms with Gasteiger partial charge in [0.25, 0.3) is 0 Å². The molecular weight excluding hydrogens is 799 g/mol. The second kappa shape index (κ2) is 50.3. The van der Waals surface area contributed by atoms with Gasteiger partial charge in [-0.3, -0.25) is 0 Å². The molecule has 372 valence electrons. The van der Waals surface area contributed by atoms with Gasteiger partial charge >= 0.3 is 5.97 Å². The predicted molar refractivity (Wildman–Crippen MR) is 284 cm³/mol. The van der Waals surface area contributed by atoms with Crippen LogP contribution in [0, 0.1) is 0 Å². The van der Waals surface area contributed by atoms with Crippen LogP contribution >= 0.6 is 0 Å². The number of allylic oxidation sites excluding steroid dienone is 10. The van der Waals surface area contributed by atoms with Gasteiger partial charge in [0.2, 0.25) is 11.8 Å². The summed E-state index contributed by atoms with van der Waals surface area (Å²) in [6, 6.07) is 3.46. The van der Waals surface area contributed by atoms with E-state index in [4.69, 9.17) is 14.2 Å². The van der Waals surface area contributed by atoms with Crippen LogP contribution in [0.5, 0.6) is 11.8 Å². The average molecular weight is 902 g/mol. The molecule has 0 aromatic carbocycles. The Morgan fingerprint density at radius 2 is 0.646 bits per heavy atom. The van der Waals surface area contributed by atoms with Crippen molar-refractivity contribution in [1.82, 2.24) is 4.98 Å². The van der Waals surface area contributed by atoms with E-state index >= 15 is 0 Å². The van der Waals surface area contributed by atoms with Crippen LogP contribution in [-0.2, 0) is 4.74 Å². The van der Waals surface area contributed by atoms with Gasteiger partial charge in [-0.15, -0.1) is 0 Å². The fraction of sp³-hybridized carbons (Fsp3) is 0.733. The summed E-state index contributed by atoms with van der Waals surface area (Å²) in [7, 11) is 0. The lowest BCUT2D eigenvalue weighted by Crippen LogP contribution is -2.09. The third-order valence-electron chi connectivity index (χ3n) is 12.1. The minimum atomic E-state index is -0.322. The molecule has 1 aromatic heterocycles. The molecule has 0 aliphatic rings. The zero-order chi connectivity index (χ0) is 46.6. The molecule has 0 amide bonds. The van der Waals surface area contributed by atoms with Crippen LogP contribution in [0.4, 0.5) is 0 Å². The van der Waals surface area contributed by atoms with Crippen LogP contribution in [0.2, 0.25) is 0 Å². The van der Waals surface area contributed by atoms with Crippen molar-refractivity contribution in [3.05, 3.63) is 78.5 Å². The number of aromatic nitrogens is 1. The molecule has 5 heteroatoms. The van der Waals surface area contributed by atoms with Crippen LogP contribution in [0.25, 0.3) is 0 Å². The maximum atomic E-state index is 13.2. The Morgan fingerprint density at radius 3 is 1.02 bits per heavy atom. The number of carbonyl (C=O) groups is 1. The molecule has 0 fully saturated rings. The Balaban J connectivity index is 2.38. The number of rotatable bonds is 49. The minimum Gasteiger partial charge on any atom is -0.478 e.